The fourth-order valence-corrected chi connectivity index (χ4v) is 8.35. The van der Waals surface area contributed by atoms with Crippen molar-refractivity contribution in [3.05, 3.63) is 181 Å². The van der Waals surface area contributed by atoms with Gasteiger partial charge in [-0.1, -0.05) is 141 Å². The van der Waals surface area contributed by atoms with Gasteiger partial charge in [-0.15, -0.1) is 11.3 Å². The first-order valence-corrected chi connectivity index (χ1v) is 17.6. The third-order valence-corrected chi connectivity index (χ3v) is 11.0. The van der Waals surface area contributed by atoms with E-state index in [-0.39, 0.29) is 5.41 Å². The summed E-state index contributed by atoms with van der Waals surface area (Å²) in [4.78, 5) is 7.48. The topological polar surface area (TPSA) is 16.1 Å². The van der Waals surface area contributed by atoms with E-state index >= 15 is 0 Å². The molecule has 0 saturated carbocycles. The number of fused-ring (bicyclic) bond motifs is 4. The lowest BCUT2D eigenvalue weighted by Gasteiger charge is -2.28. The van der Waals surface area contributed by atoms with E-state index in [9.17, 15) is 0 Å². The Morgan fingerprint density at radius 1 is 0.449 bits per heavy atom. The Balaban J connectivity index is 1.15. The SMILES string of the molecule is CC1(C)c2ccccc2-c2ccc(N(c3cccc(-c4ccccc4)c3)c3ccc4nc(-c5ccc(-c6ccccc6)cc5)sc4c3)cc21. The van der Waals surface area contributed by atoms with Crippen LogP contribution in [0.5, 0.6) is 0 Å². The van der Waals surface area contributed by atoms with Gasteiger partial charge in [-0.05, 0) is 87.0 Å². The van der Waals surface area contributed by atoms with E-state index in [2.05, 4.69) is 189 Å². The Labute approximate surface area is 291 Å². The standard InChI is InChI=1S/C46H34N2S/c1-46(2)41-19-10-9-18-39(41)40-26-24-37(29-42(40)46)48(36-17-11-16-35(28-36)32-14-7-4-8-15-32)38-25-27-43-44(30-38)49-45(47-43)34-22-20-33(21-23-34)31-12-5-3-6-13-31/h3-30H,1-2H3. The van der Waals surface area contributed by atoms with E-state index in [4.69, 9.17) is 4.98 Å². The lowest BCUT2D eigenvalue weighted by molar-refractivity contribution is 0.660. The van der Waals surface area contributed by atoms with E-state index in [1.54, 1.807) is 11.3 Å². The average Bonchev–Trinajstić information content (AvgIpc) is 3.69. The molecule has 49 heavy (non-hydrogen) atoms. The Hall–Kier alpha value is -5.77. The predicted octanol–water partition coefficient (Wildman–Crippen LogP) is 13.1. The zero-order valence-electron chi connectivity index (χ0n) is 27.5. The number of aromatic nitrogens is 1. The number of hydrogen-bond donors (Lipinski definition) is 0. The van der Waals surface area contributed by atoms with Gasteiger partial charge in [-0.3, -0.25) is 0 Å². The van der Waals surface area contributed by atoms with Crippen molar-refractivity contribution >= 4 is 38.6 Å². The minimum absolute atomic E-state index is 0.0912. The number of hydrogen-bond acceptors (Lipinski definition) is 3. The Morgan fingerprint density at radius 2 is 1.02 bits per heavy atom. The highest BCUT2D eigenvalue weighted by molar-refractivity contribution is 7.21. The third kappa shape index (κ3) is 5.15. The molecular weight excluding hydrogens is 613 g/mol. The van der Waals surface area contributed by atoms with Crippen molar-refractivity contribution in [3.8, 4) is 44.0 Å². The van der Waals surface area contributed by atoms with Gasteiger partial charge in [0.2, 0.25) is 0 Å². The van der Waals surface area contributed by atoms with Crippen molar-refractivity contribution in [2.45, 2.75) is 19.3 Å². The summed E-state index contributed by atoms with van der Waals surface area (Å²) in [5.41, 5.74) is 15.7. The summed E-state index contributed by atoms with van der Waals surface area (Å²) < 4.78 is 1.16. The quantitative estimate of drug-likeness (QED) is 0.179. The second-order valence-electron chi connectivity index (χ2n) is 13.3. The van der Waals surface area contributed by atoms with Crippen molar-refractivity contribution in [2.24, 2.45) is 0 Å². The molecule has 0 spiro atoms. The van der Waals surface area contributed by atoms with Crippen LogP contribution >= 0.6 is 11.3 Å². The van der Waals surface area contributed by atoms with Crippen LogP contribution in [0.25, 0.3) is 54.2 Å². The molecule has 1 aliphatic rings. The van der Waals surface area contributed by atoms with E-state index in [0.29, 0.717) is 0 Å². The first-order valence-electron chi connectivity index (χ1n) is 16.8. The molecular formula is C46H34N2S. The van der Waals surface area contributed by atoms with Crippen LogP contribution in [0.3, 0.4) is 0 Å². The monoisotopic (exact) mass is 646 g/mol. The van der Waals surface area contributed by atoms with Gasteiger partial charge >= 0.3 is 0 Å². The maximum atomic E-state index is 5.07. The summed E-state index contributed by atoms with van der Waals surface area (Å²) >= 11 is 1.75. The molecule has 1 heterocycles. The van der Waals surface area contributed by atoms with Crippen LogP contribution in [-0.2, 0) is 5.41 Å². The summed E-state index contributed by atoms with van der Waals surface area (Å²) in [6.07, 6.45) is 0. The molecule has 0 radical (unpaired) electrons. The molecule has 8 aromatic rings. The molecule has 0 saturated heterocycles. The van der Waals surface area contributed by atoms with E-state index in [1.165, 1.54) is 44.5 Å². The van der Waals surface area contributed by atoms with Crippen molar-refractivity contribution in [1.82, 2.24) is 4.98 Å². The highest BCUT2D eigenvalue weighted by Crippen LogP contribution is 2.51. The van der Waals surface area contributed by atoms with Crippen LogP contribution in [0.4, 0.5) is 17.1 Å². The van der Waals surface area contributed by atoms with Crippen molar-refractivity contribution in [2.75, 3.05) is 4.90 Å². The second kappa shape index (κ2) is 11.7. The molecule has 2 nitrogen and oxygen atoms in total. The van der Waals surface area contributed by atoms with E-state index < -0.39 is 0 Å². The van der Waals surface area contributed by atoms with Crippen molar-refractivity contribution in [3.63, 3.8) is 0 Å². The van der Waals surface area contributed by atoms with Gasteiger partial charge in [-0.25, -0.2) is 4.98 Å². The predicted molar refractivity (Wildman–Crippen MR) is 208 cm³/mol. The first kappa shape index (κ1) is 29.4. The molecule has 0 amide bonds. The number of rotatable bonds is 6. The summed E-state index contributed by atoms with van der Waals surface area (Å²) in [5.74, 6) is 0. The maximum absolute atomic E-state index is 5.07. The fraction of sp³-hybridized carbons (Fsp3) is 0.0652. The van der Waals surface area contributed by atoms with E-state index in [0.717, 1.165) is 37.8 Å². The minimum Gasteiger partial charge on any atom is -0.310 e. The fourth-order valence-electron chi connectivity index (χ4n) is 7.35. The molecule has 0 bridgehead atoms. The van der Waals surface area contributed by atoms with Crippen LogP contribution < -0.4 is 4.90 Å². The van der Waals surface area contributed by atoms with E-state index in [1.807, 2.05) is 0 Å². The molecule has 0 aliphatic heterocycles. The average molecular weight is 647 g/mol. The summed E-state index contributed by atoms with van der Waals surface area (Å²) in [5, 5.41) is 1.03. The second-order valence-corrected chi connectivity index (χ2v) is 14.3. The molecule has 234 valence electrons. The molecule has 0 N–H and O–H groups in total. The Bertz CT molecular complexity index is 2460. The zero-order valence-corrected chi connectivity index (χ0v) is 28.3. The molecule has 7 aromatic carbocycles. The number of nitrogens with zero attached hydrogens (tertiary/aromatic N) is 2. The van der Waals surface area contributed by atoms with Crippen molar-refractivity contribution < 1.29 is 0 Å². The molecule has 0 fully saturated rings. The van der Waals surface area contributed by atoms with Crippen LogP contribution in [-0.4, -0.2) is 4.98 Å². The number of anilines is 3. The van der Waals surface area contributed by atoms with Gasteiger partial charge in [0.05, 0.1) is 10.2 Å². The third-order valence-electron chi connectivity index (χ3n) is 9.91. The van der Waals surface area contributed by atoms with Crippen LogP contribution in [0.15, 0.2) is 170 Å². The highest BCUT2D eigenvalue weighted by atomic mass is 32.1. The smallest absolute Gasteiger partial charge is 0.124 e. The summed E-state index contributed by atoms with van der Waals surface area (Å²) in [6.45, 7) is 4.69. The van der Waals surface area contributed by atoms with Gasteiger partial charge in [0.1, 0.15) is 5.01 Å². The minimum atomic E-state index is -0.0912. The molecule has 9 rings (SSSR count). The number of benzene rings is 7. The Kier molecular flexibility index (Phi) is 7.03. The number of thiazole rings is 1. The summed E-state index contributed by atoms with van der Waals surface area (Å²) in [7, 11) is 0. The van der Waals surface area contributed by atoms with Gasteiger partial charge in [0.25, 0.3) is 0 Å². The van der Waals surface area contributed by atoms with Gasteiger partial charge in [0.15, 0.2) is 0 Å². The zero-order chi connectivity index (χ0) is 33.0. The van der Waals surface area contributed by atoms with Gasteiger partial charge in [0, 0.05) is 28.0 Å². The lowest BCUT2D eigenvalue weighted by atomic mass is 9.82. The maximum Gasteiger partial charge on any atom is 0.124 e. The van der Waals surface area contributed by atoms with Gasteiger partial charge < -0.3 is 4.90 Å². The van der Waals surface area contributed by atoms with Crippen LogP contribution in [0.1, 0.15) is 25.0 Å². The molecule has 0 unspecified atom stereocenters. The van der Waals surface area contributed by atoms with Crippen molar-refractivity contribution in [1.29, 1.82) is 0 Å². The largest absolute Gasteiger partial charge is 0.310 e. The van der Waals surface area contributed by atoms with Crippen LogP contribution in [0, 0.1) is 0 Å². The highest BCUT2D eigenvalue weighted by Gasteiger charge is 2.35. The lowest BCUT2D eigenvalue weighted by Crippen LogP contribution is -2.16. The first-order chi connectivity index (χ1) is 24.0. The van der Waals surface area contributed by atoms with Gasteiger partial charge in [-0.2, -0.15) is 0 Å². The summed E-state index contributed by atoms with van der Waals surface area (Å²) in [6, 6.07) is 61.3. The molecule has 3 heteroatoms. The van der Waals surface area contributed by atoms with Crippen LogP contribution in [0.2, 0.25) is 0 Å². The Morgan fingerprint density at radius 3 is 1.80 bits per heavy atom. The molecule has 1 aliphatic carbocycles. The normalized spacial score (nSPS) is 12.9. The molecule has 0 atom stereocenters. The molecule has 1 aromatic heterocycles.